The van der Waals surface area contributed by atoms with Crippen molar-refractivity contribution >= 4 is 27.8 Å². The lowest BCUT2D eigenvalue weighted by atomic mass is 10.0. The second kappa shape index (κ2) is 8.15. The molecule has 0 unspecified atom stereocenters. The Hall–Kier alpha value is -2.02. The van der Waals surface area contributed by atoms with Crippen LogP contribution in [0.3, 0.4) is 0 Å². The molecule has 150 valence electrons. The minimum atomic E-state index is 0.0347. The first-order chi connectivity index (χ1) is 13.5. The molecule has 2 heterocycles. The van der Waals surface area contributed by atoms with E-state index >= 15 is 0 Å². The van der Waals surface area contributed by atoms with E-state index in [1.807, 2.05) is 11.9 Å². The molecule has 28 heavy (non-hydrogen) atoms. The molecular formula is C21H28BrN5O. The molecule has 0 aromatic heterocycles. The second-order valence-electron chi connectivity index (χ2n) is 7.99. The molecule has 4 rings (SSSR count). The van der Waals surface area contributed by atoms with E-state index in [2.05, 4.69) is 73.9 Å². The van der Waals surface area contributed by atoms with Crippen molar-refractivity contribution in [3.63, 3.8) is 0 Å². The zero-order valence-corrected chi connectivity index (χ0v) is 18.1. The number of nitrogens with one attached hydrogen (secondary N) is 2. The smallest absolute Gasteiger partial charge is 0.317 e. The van der Waals surface area contributed by atoms with Gasteiger partial charge in [0.1, 0.15) is 5.84 Å². The molecule has 2 fully saturated rings. The minimum Gasteiger partial charge on any atom is -0.353 e. The van der Waals surface area contributed by atoms with Crippen LogP contribution in [0.25, 0.3) is 0 Å². The molecular weight excluding hydrogens is 418 g/mol. The highest BCUT2D eigenvalue weighted by atomic mass is 79.9. The Labute approximate surface area is 175 Å². The van der Waals surface area contributed by atoms with E-state index < -0.39 is 0 Å². The number of amidine groups is 1. The fourth-order valence-corrected chi connectivity index (χ4v) is 4.33. The largest absolute Gasteiger partial charge is 0.353 e. The molecule has 0 radical (unpaired) electrons. The van der Waals surface area contributed by atoms with Crippen LogP contribution in [0.5, 0.6) is 0 Å². The highest BCUT2D eigenvalue weighted by molar-refractivity contribution is 9.10. The van der Waals surface area contributed by atoms with Gasteiger partial charge in [-0.3, -0.25) is 0 Å². The second-order valence-corrected chi connectivity index (χ2v) is 8.85. The van der Waals surface area contributed by atoms with Crippen molar-refractivity contribution in [1.82, 2.24) is 20.5 Å². The highest BCUT2D eigenvalue weighted by Crippen LogP contribution is 2.41. The van der Waals surface area contributed by atoms with Gasteiger partial charge in [-0.05, 0) is 49.5 Å². The van der Waals surface area contributed by atoms with E-state index in [1.54, 1.807) is 0 Å². The third-order valence-electron chi connectivity index (χ3n) is 5.97. The Bertz CT molecular complexity index is 808. The quantitative estimate of drug-likeness (QED) is 0.750. The average molecular weight is 446 g/mol. The van der Waals surface area contributed by atoms with Gasteiger partial charge < -0.3 is 20.5 Å². The van der Waals surface area contributed by atoms with Crippen molar-refractivity contribution in [2.45, 2.75) is 44.2 Å². The summed E-state index contributed by atoms with van der Waals surface area (Å²) in [7, 11) is 1.92. The van der Waals surface area contributed by atoms with Crippen molar-refractivity contribution in [1.29, 1.82) is 0 Å². The fourth-order valence-electron chi connectivity index (χ4n) is 4.08. The van der Waals surface area contributed by atoms with Gasteiger partial charge in [0.05, 0.1) is 12.6 Å². The average Bonchev–Trinajstić information content (AvgIpc) is 3.49. The molecule has 2 aliphatic heterocycles. The molecule has 0 bridgehead atoms. The van der Waals surface area contributed by atoms with E-state index in [0.29, 0.717) is 5.92 Å². The molecule has 1 aliphatic carbocycles. The fraction of sp³-hybridized carbons (Fsp3) is 0.524. The van der Waals surface area contributed by atoms with Gasteiger partial charge in [-0.1, -0.05) is 34.1 Å². The predicted octanol–water partition coefficient (Wildman–Crippen LogP) is 3.19. The summed E-state index contributed by atoms with van der Waals surface area (Å²) in [6.07, 6.45) is 7.27. The van der Waals surface area contributed by atoms with Gasteiger partial charge in [0.25, 0.3) is 0 Å². The maximum absolute atomic E-state index is 12.8. The molecule has 1 saturated carbocycles. The predicted molar refractivity (Wildman–Crippen MR) is 115 cm³/mol. The van der Waals surface area contributed by atoms with Crippen LogP contribution in [-0.4, -0.2) is 60.4 Å². The molecule has 7 heteroatoms. The van der Waals surface area contributed by atoms with Crippen LogP contribution in [-0.2, 0) is 0 Å². The summed E-state index contributed by atoms with van der Waals surface area (Å²) >= 11 is 3.55. The van der Waals surface area contributed by atoms with E-state index in [-0.39, 0.29) is 18.1 Å². The number of rotatable bonds is 3. The van der Waals surface area contributed by atoms with Crippen molar-refractivity contribution in [3.05, 3.63) is 46.0 Å². The summed E-state index contributed by atoms with van der Waals surface area (Å²) in [5.74, 6) is 1.40. The number of amides is 2. The van der Waals surface area contributed by atoms with Gasteiger partial charge in [-0.15, -0.1) is 0 Å². The zero-order chi connectivity index (χ0) is 19.7. The SMILES string of the molecule is Cc1cc([C@@H]2C[C@H]2NC(=O)N(C)[C@@H]2CCCN(C3=NNCC=C3)C2)ccc1Br. The van der Waals surface area contributed by atoms with E-state index in [1.165, 1.54) is 11.1 Å². The summed E-state index contributed by atoms with van der Waals surface area (Å²) in [4.78, 5) is 17.0. The van der Waals surface area contributed by atoms with Crippen LogP contribution in [0, 0.1) is 6.92 Å². The van der Waals surface area contributed by atoms with Crippen LogP contribution >= 0.6 is 15.9 Å². The Morgan fingerprint density at radius 1 is 1.43 bits per heavy atom. The van der Waals surface area contributed by atoms with Crippen LogP contribution < -0.4 is 10.7 Å². The Balaban J connectivity index is 1.31. The maximum Gasteiger partial charge on any atom is 0.317 e. The number of benzene rings is 1. The van der Waals surface area contributed by atoms with Gasteiger partial charge in [-0.2, -0.15) is 5.10 Å². The normalized spacial score (nSPS) is 26.3. The molecule has 6 nitrogen and oxygen atoms in total. The first-order valence-corrected chi connectivity index (χ1v) is 10.8. The number of carbonyl (C=O) groups is 1. The Morgan fingerprint density at radius 3 is 3.04 bits per heavy atom. The number of likely N-dealkylation sites (N-methyl/N-ethyl adjacent to an activating group) is 1. The van der Waals surface area contributed by atoms with E-state index in [4.69, 9.17) is 0 Å². The summed E-state index contributed by atoms with van der Waals surface area (Å²) in [5.41, 5.74) is 5.58. The molecule has 2 amide bonds. The van der Waals surface area contributed by atoms with Crippen LogP contribution in [0.4, 0.5) is 4.79 Å². The van der Waals surface area contributed by atoms with Crippen LogP contribution in [0.15, 0.2) is 39.9 Å². The molecule has 3 atom stereocenters. The van der Waals surface area contributed by atoms with Crippen molar-refractivity contribution in [2.75, 3.05) is 26.7 Å². The molecule has 3 aliphatic rings. The number of hydrogen-bond acceptors (Lipinski definition) is 4. The van der Waals surface area contributed by atoms with Crippen LogP contribution in [0.1, 0.15) is 36.3 Å². The molecule has 1 aromatic rings. The summed E-state index contributed by atoms with van der Waals surface area (Å²) in [6.45, 7) is 4.70. The van der Waals surface area contributed by atoms with Gasteiger partial charge in [0.2, 0.25) is 0 Å². The van der Waals surface area contributed by atoms with Gasteiger partial charge in [0, 0.05) is 36.6 Å². The third kappa shape index (κ3) is 4.19. The number of hydrazone groups is 1. The minimum absolute atomic E-state index is 0.0347. The summed E-state index contributed by atoms with van der Waals surface area (Å²) in [6, 6.07) is 6.96. The monoisotopic (exact) mass is 445 g/mol. The standard InChI is InChI=1S/C21H28BrN5O/c1-14-11-15(7-8-18(14)22)17-12-19(17)24-21(28)26(2)16-5-4-10-27(13-16)20-6-3-9-23-25-20/h3,6-8,11,16-17,19,23H,4-5,9-10,12-13H2,1-2H3,(H,24,28)/t16-,17+,19-/m1/s1. The van der Waals surface area contributed by atoms with Gasteiger partial charge in [-0.25, -0.2) is 4.79 Å². The Morgan fingerprint density at radius 2 is 2.29 bits per heavy atom. The lowest BCUT2D eigenvalue weighted by Gasteiger charge is -2.38. The number of carbonyl (C=O) groups excluding carboxylic acids is 1. The van der Waals surface area contributed by atoms with Gasteiger partial charge in [0.15, 0.2) is 0 Å². The summed E-state index contributed by atoms with van der Waals surface area (Å²) < 4.78 is 1.13. The van der Waals surface area contributed by atoms with E-state index in [9.17, 15) is 4.79 Å². The number of aryl methyl sites for hydroxylation is 1. The molecule has 1 aromatic carbocycles. The number of likely N-dealkylation sites (tertiary alicyclic amines) is 1. The third-order valence-corrected chi connectivity index (χ3v) is 6.86. The lowest BCUT2D eigenvalue weighted by Crippen LogP contribution is -2.53. The van der Waals surface area contributed by atoms with E-state index in [0.717, 1.165) is 49.2 Å². The number of piperidine rings is 1. The number of halogens is 1. The Kier molecular flexibility index (Phi) is 5.62. The van der Waals surface area contributed by atoms with Crippen molar-refractivity contribution < 1.29 is 4.79 Å². The number of hydrogen-bond donors (Lipinski definition) is 2. The summed E-state index contributed by atoms with van der Waals surface area (Å²) in [5, 5.41) is 7.62. The first kappa shape index (κ1) is 19.3. The van der Waals surface area contributed by atoms with Gasteiger partial charge >= 0.3 is 6.03 Å². The topological polar surface area (TPSA) is 60.0 Å². The molecule has 1 saturated heterocycles. The number of nitrogens with zero attached hydrogens (tertiary/aromatic N) is 3. The highest BCUT2D eigenvalue weighted by Gasteiger charge is 2.40. The number of urea groups is 1. The lowest BCUT2D eigenvalue weighted by molar-refractivity contribution is 0.156. The van der Waals surface area contributed by atoms with Crippen LogP contribution in [0.2, 0.25) is 0 Å². The maximum atomic E-state index is 12.8. The van der Waals surface area contributed by atoms with Crippen molar-refractivity contribution in [3.8, 4) is 0 Å². The molecule has 0 spiro atoms. The molecule has 2 N–H and O–H groups in total. The zero-order valence-electron chi connectivity index (χ0n) is 16.5. The van der Waals surface area contributed by atoms with Crippen molar-refractivity contribution in [2.24, 2.45) is 5.10 Å². The first-order valence-electron chi connectivity index (χ1n) is 10.0.